The number of hydrogen-bond acceptors (Lipinski definition) is 7. The molecule has 5 rings (SSSR count). The number of methoxy groups -OCH3 is 3. The Labute approximate surface area is 214 Å². The predicted molar refractivity (Wildman–Crippen MR) is 143 cm³/mol. The number of carbonyl (C=O) groups is 1. The van der Waals surface area contributed by atoms with Gasteiger partial charge >= 0.3 is 5.24 Å². The SMILES string of the molecule is COc1ccc([C@@H]2CC(c3ccccc3)=NN2C2=NC(=O)S/C2=C\c2ccc(OC)c(OC)c2)cc1. The fourth-order valence-corrected chi connectivity index (χ4v) is 5.00. The number of thioether (sulfide) groups is 1. The Morgan fingerprint density at radius 1 is 0.917 bits per heavy atom. The molecule has 7 nitrogen and oxygen atoms in total. The highest BCUT2D eigenvalue weighted by atomic mass is 32.2. The summed E-state index contributed by atoms with van der Waals surface area (Å²) in [5.41, 5.74) is 3.91. The van der Waals surface area contributed by atoms with E-state index in [1.807, 2.05) is 83.9 Å². The molecule has 2 aliphatic rings. The molecule has 3 aromatic carbocycles. The van der Waals surface area contributed by atoms with Crippen LogP contribution in [-0.2, 0) is 0 Å². The van der Waals surface area contributed by atoms with Crippen molar-refractivity contribution in [3.05, 3.63) is 94.4 Å². The molecule has 0 saturated carbocycles. The number of carbonyl (C=O) groups excluding carboxylic acids is 1. The first-order valence-corrected chi connectivity index (χ1v) is 12.2. The number of rotatable bonds is 6. The number of ether oxygens (including phenoxy) is 3. The number of hydrogen-bond donors (Lipinski definition) is 0. The summed E-state index contributed by atoms with van der Waals surface area (Å²) in [6, 6.07) is 23.5. The monoisotopic (exact) mass is 499 g/mol. The molecule has 0 saturated heterocycles. The van der Waals surface area contributed by atoms with Crippen molar-refractivity contribution < 1.29 is 19.0 Å². The minimum Gasteiger partial charge on any atom is -0.497 e. The Hall–Kier alpha value is -4.04. The van der Waals surface area contributed by atoms with Gasteiger partial charge in [0.15, 0.2) is 17.3 Å². The molecule has 8 heteroatoms. The van der Waals surface area contributed by atoms with Gasteiger partial charge in [-0.2, -0.15) is 10.1 Å². The summed E-state index contributed by atoms with van der Waals surface area (Å²) in [5.74, 6) is 2.57. The van der Waals surface area contributed by atoms with Gasteiger partial charge in [0, 0.05) is 6.42 Å². The van der Waals surface area contributed by atoms with Crippen LogP contribution in [0, 0.1) is 0 Å². The second-order valence-electron chi connectivity index (χ2n) is 8.18. The molecule has 36 heavy (non-hydrogen) atoms. The highest BCUT2D eigenvalue weighted by Crippen LogP contribution is 2.40. The number of nitrogens with zero attached hydrogens (tertiary/aromatic N) is 3. The van der Waals surface area contributed by atoms with Gasteiger partial charge in [0.2, 0.25) is 0 Å². The van der Waals surface area contributed by atoms with Crippen LogP contribution in [0.3, 0.4) is 0 Å². The third-order valence-corrected chi connectivity index (χ3v) is 6.84. The van der Waals surface area contributed by atoms with Gasteiger partial charge in [-0.05, 0) is 58.8 Å². The number of benzene rings is 3. The second kappa shape index (κ2) is 10.3. The van der Waals surface area contributed by atoms with Crippen LogP contribution < -0.4 is 14.2 Å². The topological polar surface area (TPSA) is 72.7 Å². The Morgan fingerprint density at radius 2 is 1.67 bits per heavy atom. The van der Waals surface area contributed by atoms with E-state index in [0.29, 0.717) is 23.8 Å². The number of amides is 1. The first kappa shape index (κ1) is 23.7. The average Bonchev–Trinajstić information content (AvgIpc) is 3.52. The Morgan fingerprint density at radius 3 is 2.36 bits per heavy atom. The molecule has 2 heterocycles. The fourth-order valence-electron chi connectivity index (χ4n) is 4.25. The van der Waals surface area contributed by atoms with E-state index >= 15 is 0 Å². The van der Waals surface area contributed by atoms with E-state index in [0.717, 1.165) is 44.8 Å². The summed E-state index contributed by atoms with van der Waals surface area (Å²) in [4.78, 5) is 17.6. The molecule has 0 aromatic heterocycles. The zero-order valence-electron chi connectivity index (χ0n) is 20.2. The smallest absolute Gasteiger partial charge is 0.311 e. The zero-order chi connectivity index (χ0) is 25.1. The molecule has 182 valence electrons. The van der Waals surface area contributed by atoms with Crippen LogP contribution in [0.5, 0.6) is 17.2 Å². The molecule has 0 aliphatic carbocycles. The van der Waals surface area contributed by atoms with Gasteiger partial charge in [-0.1, -0.05) is 48.5 Å². The maximum Gasteiger partial charge on any atom is 0.311 e. The van der Waals surface area contributed by atoms with Crippen LogP contribution in [0.1, 0.15) is 29.2 Å². The molecule has 3 aromatic rings. The molecule has 0 N–H and O–H groups in total. The molecule has 0 bridgehead atoms. The van der Waals surface area contributed by atoms with E-state index < -0.39 is 0 Å². The lowest BCUT2D eigenvalue weighted by Gasteiger charge is -2.24. The Kier molecular flexibility index (Phi) is 6.77. The van der Waals surface area contributed by atoms with Crippen LogP contribution in [0.4, 0.5) is 4.79 Å². The predicted octanol–water partition coefficient (Wildman–Crippen LogP) is 6.17. The molecule has 2 aliphatic heterocycles. The average molecular weight is 500 g/mol. The molecular formula is C28H25N3O4S. The van der Waals surface area contributed by atoms with Gasteiger partial charge < -0.3 is 14.2 Å². The van der Waals surface area contributed by atoms with Crippen molar-refractivity contribution in [2.24, 2.45) is 10.1 Å². The van der Waals surface area contributed by atoms with Crippen molar-refractivity contribution in [2.75, 3.05) is 21.3 Å². The molecular weight excluding hydrogens is 474 g/mol. The van der Waals surface area contributed by atoms with Gasteiger partial charge in [0.05, 0.1) is 38.0 Å². The minimum atomic E-state index is -0.270. The van der Waals surface area contributed by atoms with E-state index in [9.17, 15) is 4.79 Å². The van der Waals surface area contributed by atoms with E-state index in [4.69, 9.17) is 19.3 Å². The van der Waals surface area contributed by atoms with Crippen molar-refractivity contribution in [1.29, 1.82) is 0 Å². The fraction of sp³-hybridized carbons (Fsp3) is 0.179. The minimum absolute atomic E-state index is 0.120. The van der Waals surface area contributed by atoms with E-state index in [1.54, 1.807) is 21.3 Å². The van der Waals surface area contributed by atoms with Crippen LogP contribution in [0.2, 0.25) is 0 Å². The normalized spacial score (nSPS) is 18.3. The van der Waals surface area contributed by atoms with Crippen molar-refractivity contribution in [3.8, 4) is 17.2 Å². The molecule has 0 radical (unpaired) electrons. The molecule has 0 fully saturated rings. The molecule has 1 atom stereocenters. The van der Waals surface area contributed by atoms with Crippen molar-refractivity contribution in [1.82, 2.24) is 5.01 Å². The van der Waals surface area contributed by atoms with Crippen LogP contribution >= 0.6 is 11.8 Å². The lowest BCUT2D eigenvalue weighted by Crippen LogP contribution is -2.26. The number of amidine groups is 1. The van der Waals surface area contributed by atoms with Crippen molar-refractivity contribution in [3.63, 3.8) is 0 Å². The maximum atomic E-state index is 12.5. The van der Waals surface area contributed by atoms with Crippen LogP contribution in [-0.4, -0.2) is 43.1 Å². The van der Waals surface area contributed by atoms with Gasteiger partial charge in [-0.25, -0.2) is 5.01 Å². The highest BCUT2D eigenvalue weighted by molar-refractivity contribution is 8.18. The lowest BCUT2D eigenvalue weighted by atomic mass is 9.98. The summed E-state index contributed by atoms with van der Waals surface area (Å²) >= 11 is 1.09. The Bertz CT molecular complexity index is 1370. The zero-order valence-corrected chi connectivity index (χ0v) is 21.0. The quantitative estimate of drug-likeness (QED) is 0.404. The van der Waals surface area contributed by atoms with E-state index in [1.165, 1.54) is 0 Å². The Balaban J connectivity index is 1.55. The summed E-state index contributed by atoms with van der Waals surface area (Å²) in [6.07, 6.45) is 2.61. The van der Waals surface area contributed by atoms with Gasteiger partial charge in [-0.15, -0.1) is 0 Å². The van der Waals surface area contributed by atoms with Gasteiger partial charge in [0.25, 0.3) is 0 Å². The largest absolute Gasteiger partial charge is 0.497 e. The molecule has 1 amide bonds. The third kappa shape index (κ3) is 4.72. The summed E-state index contributed by atoms with van der Waals surface area (Å²) in [7, 11) is 4.84. The second-order valence-corrected chi connectivity index (χ2v) is 9.17. The van der Waals surface area contributed by atoms with Crippen LogP contribution in [0.15, 0.2) is 87.8 Å². The maximum absolute atomic E-state index is 12.5. The lowest BCUT2D eigenvalue weighted by molar-refractivity contribution is 0.267. The van der Waals surface area contributed by atoms with Gasteiger partial charge in [0.1, 0.15) is 5.75 Å². The third-order valence-electron chi connectivity index (χ3n) is 6.06. The first-order chi connectivity index (χ1) is 17.6. The van der Waals surface area contributed by atoms with Crippen molar-refractivity contribution in [2.45, 2.75) is 12.5 Å². The van der Waals surface area contributed by atoms with E-state index in [-0.39, 0.29) is 11.3 Å². The summed E-state index contributed by atoms with van der Waals surface area (Å²) < 4.78 is 16.1. The number of hydrazone groups is 1. The summed E-state index contributed by atoms with van der Waals surface area (Å²) in [5, 5.41) is 6.56. The van der Waals surface area contributed by atoms with Crippen LogP contribution in [0.25, 0.3) is 6.08 Å². The molecule has 0 spiro atoms. The highest BCUT2D eigenvalue weighted by Gasteiger charge is 2.36. The first-order valence-electron chi connectivity index (χ1n) is 11.4. The summed E-state index contributed by atoms with van der Waals surface area (Å²) in [6.45, 7) is 0. The van der Waals surface area contributed by atoms with E-state index in [2.05, 4.69) is 4.99 Å². The van der Waals surface area contributed by atoms with Crippen molar-refractivity contribution >= 4 is 34.6 Å². The van der Waals surface area contributed by atoms with Gasteiger partial charge in [-0.3, -0.25) is 4.79 Å². The molecule has 0 unspecified atom stereocenters. The number of aliphatic imine (C=N–C) groups is 1. The standard InChI is InChI=1S/C28H25N3O4S/c1-33-21-12-10-20(11-13-21)23-17-22(19-7-5-4-6-8-19)30-31(23)27-26(36-28(32)29-27)16-18-9-14-24(34-2)25(15-18)35-3/h4-16,23H,17H2,1-3H3/b26-16-/t23-/m0/s1.